The smallest absolute Gasteiger partial charge is 0.273 e. The maximum atomic E-state index is 12.3. The van der Waals surface area contributed by atoms with Crippen LogP contribution in [0.4, 0.5) is 5.82 Å². The van der Waals surface area contributed by atoms with Crippen molar-refractivity contribution in [3.63, 3.8) is 0 Å². The molecule has 2 aromatic rings. The molecule has 148 valence electrons. The lowest BCUT2D eigenvalue weighted by atomic mass is 10.1. The van der Waals surface area contributed by atoms with Gasteiger partial charge in [-0.15, -0.1) is 12.4 Å². The summed E-state index contributed by atoms with van der Waals surface area (Å²) in [4.78, 5) is 16.3. The van der Waals surface area contributed by atoms with Gasteiger partial charge in [0.25, 0.3) is 5.91 Å². The summed E-state index contributed by atoms with van der Waals surface area (Å²) in [6.07, 6.45) is -2.78. The van der Waals surface area contributed by atoms with Gasteiger partial charge in [-0.1, -0.05) is 23.7 Å². The van der Waals surface area contributed by atoms with Crippen molar-refractivity contribution in [1.29, 1.82) is 0 Å². The molecule has 0 spiro atoms. The molecule has 4 atom stereocenters. The van der Waals surface area contributed by atoms with Crippen LogP contribution in [0.3, 0.4) is 0 Å². The van der Waals surface area contributed by atoms with Crippen LogP contribution in [0.1, 0.15) is 22.3 Å². The van der Waals surface area contributed by atoms with Crippen LogP contribution in [0.15, 0.2) is 30.6 Å². The Balaban J connectivity index is 0.00000261. The van der Waals surface area contributed by atoms with Crippen molar-refractivity contribution in [1.82, 2.24) is 14.9 Å². The van der Waals surface area contributed by atoms with Crippen LogP contribution in [0.5, 0.6) is 0 Å². The topological polar surface area (TPSA) is 149 Å². The zero-order chi connectivity index (χ0) is 18.8. The maximum absolute atomic E-state index is 12.3. The first-order valence-electron chi connectivity index (χ1n) is 7.99. The molecule has 1 aliphatic rings. The van der Waals surface area contributed by atoms with Crippen LogP contribution in [0.2, 0.25) is 5.02 Å². The van der Waals surface area contributed by atoms with E-state index in [-0.39, 0.29) is 37.0 Å². The number of carbonyl (C=O) groups is 1. The van der Waals surface area contributed by atoms with Gasteiger partial charge >= 0.3 is 0 Å². The highest BCUT2D eigenvalue weighted by Crippen LogP contribution is 2.31. The minimum absolute atomic E-state index is 0. The number of nitrogen functional groups attached to an aromatic ring is 1. The molecular formula is C16H21Cl2N5O4. The zero-order valence-corrected chi connectivity index (χ0v) is 15.7. The number of hydrogen-bond donors (Lipinski definition) is 5. The molecule has 1 aromatic heterocycles. The predicted octanol–water partition coefficient (Wildman–Crippen LogP) is 0.0484. The molecule has 2 heterocycles. The van der Waals surface area contributed by atoms with E-state index >= 15 is 0 Å². The van der Waals surface area contributed by atoms with E-state index < -0.39 is 30.4 Å². The second-order valence-electron chi connectivity index (χ2n) is 5.98. The second-order valence-corrected chi connectivity index (χ2v) is 6.41. The first-order valence-corrected chi connectivity index (χ1v) is 8.36. The molecule has 3 rings (SSSR count). The van der Waals surface area contributed by atoms with Gasteiger partial charge in [0, 0.05) is 18.1 Å². The van der Waals surface area contributed by atoms with Crippen LogP contribution in [-0.2, 0) is 11.3 Å². The SMILES string of the molecule is Cl.NCC1OC(n2cnc(C(=O)NCc3ccc(Cl)cc3)c2N)C(O)C1O. The number of nitrogens with one attached hydrogen (secondary N) is 1. The Bertz CT molecular complexity index is 786. The lowest BCUT2D eigenvalue weighted by Gasteiger charge is -2.17. The summed E-state index contributed by atoms with van der Waals surface area (Å²) in [5.74, 6) is -0.452. The highest BCUT2D eigenvalue weighted by molar-refractivity contribution is 6.30. The summed E-state index contributed by atoms with van der Waals surface area (Å²) in [5, 5.41) is 23.3. The van der Waals surface area contributed by atoms with Crippen molar-refractivity contribution in [3.8, 4) is 0 Å². The third kappa shape index (κ3) is 4.34. The van der Waals surface area contributed by atoms with E-state index in [9.17, 15) is 15.0 Å². The summed E-state index contributed by atoms with van der Waals surface area (Å²) in [7, 11) is 0. The Kier molecular flexibility index (Phi) is 7.04. The average molecular weight is 418 g/mol. The van der Waals surface area contributed by atoms with Crippen LogP contribution in [-0.4, -0.2) is 50.5 Å². The zero-order valence-electron chi connectivity index (χ0n) is 14.2. The van der Waals surface area contributed by atoms with Crippen molar-refractivity contribution in [2.45, 2.75) is 31.1 Å². The fraction of sp³-hybridized carbons (Fsp3) is 0.375. The fourth-order valence-electron chi connectivity index (χ4n) is 2.77. The largest absolute Gasteiger partial charge is 0.387 e. The minimum atomic E-state index is -1.23. The van der Waals surface area contributed by atoms with Gasteiger partial charge < -0.3 is 31.7 Å². The van der Waals surface area contributed by atoms with E-state index in [0.29, 0.717) is 5.02 Å². The molecule has 0 bridgehead atoms. The van der Waals surface area contributed by atoms with Gasteiger partial charge in [-0.25, -0.2) is 4.98 Å². The van der Waals surface area contributed by atoms with Crippen LogP contribution >= 0.6 is 24.0 Å². The van der Waals surface area contributed by atoms with Gasteiger partial charge in [0.2, 0.25) is 0 Å². The number of amides is 1. The van der Waals surface area contributed by atoms with Crippen molar-refractivity contribution < 1.29 is 19.7 Å². The molecule has 1 fully saturated rings. The number of aliphatic hydroxyl groups excluding tert-OH is 2. The number of benzene rings is 1. The number of nitrogens with zero attached hydrogens (tertiary/aromatic N) is 2. The van der Waals surface area contributed by atoms with E-state index in [1.165, 1.54) is 10.9 Å². The molecule has 1 aromatic carbocycles. The number of nitrogens with two attached hydrogens (primary N) is 2. The van der Waals surface area contributed by atoms with Crippen LogP contribution in [0, 0.1) is 0 Å². The molecule has 1 aliphatic heterocycles. The molecule has 9 nitrogen and oxygen atoms in total. The Hall–Kier alpha value is -1.88. The van der Waals surface area contributed by atoms with Crippen LogP contribution in [0.25, 0.3) is 0 Å². The van der Waals surface area contributed by atoms with E-state index in [4.69, 9.17) is 27.8 Å². The second kappa shape index (κ2) is 8.87. The highest BCUT2D eigenvalue weighted by atomic mass is 35.5. The van der Waals surface area contributed by atoms with E-state index in [2.05, 4.69) is 10.3 Å². The number of hydrogen-bond acceptors (Lipinski definition) is 7. The van der Waals surface area contributed by atoms with Crippen LogP contribution < -0.4 is 16.8 Å². The molecule has 11 heteroatoms. The Morgan fingerprint density at radius 2 is 1.96 bits per heavy atom. The minimum Gasteiger partial charge on any atom is -0.387 e. The lowest BCUT2D eigenvalue weighted by Crippen LogP contribution is -2.35. The van der Waals surface area contributed by atoms with Crippen molar-refractivity contribution in [2.24, 2.45) is 5.73 Å². The first-order chi connectivity index (χ1) is 12.4. The Labute approximate surface area is 166 Å². The molecule has 27 heavy (non-hydrogen) atoms. The molecule has 0 aliphatic carbocycles. The third-order valence-corrected chi connectivity index (χ3v) is 4.51. The number of carbonyl (C=O) groups excluding carboxylic acids is 1. The predicted molar refractivity (Wildman–Crippen MR) is 101 cm³/mol. The Morgan fingerprint density at radius 3 is 2.56 bits per heavy atom. The summed E-state index contributed by atoms with van der Waals surface area (Å²) in [6.45, 7) is 0.316. The van der Waals surface area contributed by atoms with Crippen molar-refractivity contribution in [3.05, 3.63) is 46.9 Å². The van der Waals surface area contributed by atoms with E-state index in [1.807, 2.05) is 0 Å². The van der Waals surface area contributed by atoms with Gasteiger partial charge in [-0.2, -0.15) is 0 Å². The molecular weight excluding hydrogens is 397 g/mol. The van der Waals surface area contributed by atoms with Crippen molar-refractivity contribution >= 4 is 35.7 Å². The highest BCUT2D eigenvalue weighted by Gasteiger charge is 2.43. The monoisotopic (exact) mass is 417 g/mol. The lowest BCUT2D eigenvalue weighted by molar-refractivity contribution is -0.0330. The van der Waals surface area contributed by atoms with Gasteiger partial charge in [0.1, 0.15) is 24.1 Å². The van der Waals surface area contributed by atoms with Gasteiger partial charge in [-0.05, 0) is 17.7 Å². The fourth-order valence-corrected chi connectivity index (χ4v) is 2.90. The quantitative estimate of drug-likeness (QED) is 0.461. The summed E-state index contributed by atoms with van der Waals surface area (Å²) < 4.78 is 6.82. The van der Waals surface area contributed by atoms with E-state index in [1.54, 1.807) is 24.3 Å². The number of aliphatic hydroxyl groups is 2. The van der Waals surface area contributed by atoms with Gasteiger partial charge in [0.05, 0.1) is 6.33 Å². The normalized spacial score (nSPS) is 24.4. The van der Waals surface area contributed by atoms with Crippen molar-refractivity contribution in [2.75, 3.05) is 12.3 Å². The molecule has 1 amide bonds. The number of rotatable bonds is 5. The molecule has 0 radical (unpaired) electrons. The number of ether oxygens (including phenoxy) is 1. The molecule has 1 saturated heterocycles. The summed E-state index contributed by atoms with van der Waals surface area (Å²) in [6, 6.07) is 7.04. The summed E-state index contributed by atoms with van der Waals surface area (Å²) >= 11 is 5.82. The molecule has 4 unspecified atom stereocenters. The number of imidazole rings is 1. The van der Waals surface area contributed by atoms with E-state index in [0.717, 1.165) is 5.56 Å². The maximum Gasteiger partial charge on any atom is 0.273 e. The Morgan fingerprint density at radius 1 is 1.30 bits per heavy atom. The third-order valence-electron chi connectivity index (χ3n) is 4.26. The summed E-state index contributed by atoms with van der Waals surface area (Å²) in [5.41, 5.74) is 12.3. The van der Waals surface area contributed by atoms with Gasteiger partial charge in [0.15, 0.2) is 11.9 Å². The average Bonchev–Trinajstić information content (AvgIpc) is 3.14. The standard InChI is InChI=1S/C16H20ClN5O4.ClH/c17-9-3-1-8(2-4-9)6-20-15(25)11-14(19)22(7-21-11)16-13(24)12(23)10(5-18)26-16;/h1-4,7,10,12-13,16,23-24H,5-6,18-19H2,(H,20,25);1H. The molecule has 7 N–H and O–H groups in total. The van der Waals surface area contributed by atoms with Gasteiger partial charge in [-0.3, -0.25) is 9.36 Å². The number of anilines is 1. The number of halogens is 2. The first kappa shape index (κ1) is 21.4. The molecule has 0 saturated carbocycles. The number of aromatic nitrogens is 2.